The molecule has 1 aromatic carbocycles. The number of rotatable bonds is 4. The Kier molecular flexibility index (Phi) is 4.74. The summed E-state index contributed by atoms with van der Waals surface area (Å²) in [7, 11) is 1.74. The molecule has 0 saturated carbocycles. The molecule has 2 N–H and O–H groups in total. The van der Waals surface area contributed by atoms with E-state index in [2.05, 4.69) is 15.6 Å². The molecule has 3 amide bonds. The van der Waals surface area contributed by atoms with Crippen molar-refractivity contribution in [1.82, 2.24) is 20.5 Å². The van der Waals surface area contributed by atoms with Crippen LogP contribution >= 0.6 is 0 Å². The maximum absolute atomic E-state index is 12.0. The predicted molar refractivity (Wildman–Crippen MR) is 91.1 cm³/mol. The first-order valence-corrected chi connectivity index (χ1v) is 7.89. The number of likely N-dealkylation sites (N-methyl/N-ethyl adjacent to an activating group) is 1. The SMILES string of the molecule is CN1C[C@@H](NC(=O)NCc2cccc(-c3cccnc3)c2)CC1=O. The van der Waals surface area contributed by atoms with Crippen molar-refractivity contribution in [2.45, 2.75) is 19.0 Å². The number of nitrogens with one attached hydrogen (secondary N) is 2. The van der Waals surface area contributed by atoms with E-state index in [-0.39, 0.29) is 18.0 Å². The first-order chi connectivity index (χ1) is 11.6. The van der Waals surface area contributed by atoms with E-state index in [9.17, 15) is 9.59 Å². The molecule has 124 valence electrons. The topological polar surface area (TPSA) is 74.3 Å². The van der Waals surface area contributed by atoms with Crippen molar-refractivity contribution in [2.75, 3.05) is 13.6 Å². The Balaban J connectivity index is 1.55. The fourth-order valence-electron chi connectivity index (χ4n) is 2.77. The summed E-state index contributed by atoms with van der Waals surface area (Å²) in [5, 5.41) is 5.67. The zero-order valence-electron chi connectivity index (χ0n) is 13.5. The highest BCUT2D eigenvalue weighted by Gasteiger charge is 2.27. The minimum atomic E-state index is -0.255. The zero-order valence-corrected chi connectivity index (χ0v) is 13.5. The Hall–Kier alpha value is -2.89. The molecule has 2 heterocycles. The number of carbonyl (C=O) groups excluding carboxylic acids is 2. The summed E-state index contributed by atoms with van der Waals surface area (Å²) in [5.74, 6) is 0.0597. The molecule has 0 bridgehead atoms. The molecule has 6 heteroatoms. The Morgan fingerprint density at radius 1 is 1.29 bits per heavy atom. The molecule has 1 fully saturated rings. The molecule has 1 aliphatic heterocycles. The highest BCUT2D eigenvalue weighted by Crippen LogP contribution is 2.19. The van der Waals surface area contributed by atoms with Crippen LogP contribution in [0.25, 0.3) is 11.1 Å². The van der Waals surface area contributed by atoms with Gasteiger partial charge in [-0.25, -0.2) is 4.79 Å². The second-order valence-corrected chi connectivity index (χ2v) is 5.94. The van der Waals surface area contributed by atoms with Crippen LogP contribution in [0, 0.1) is 0 Å². The fraction of sp³-hybridized carbons (Fsp3) is 0.278. The maximum atomic E-state index is 12.0. The van der Waals surface area contributed by atoms with Gasteiger partial charge in [-0.3, -0.25) is 9.78 Å². The maximum Gasteiger partial charge on any atom is 0.315 e. The molecular formula is C18H20N4O2. The van der Waals surface area contributed by atoms with Gasteiger partial charge < -0.3 is 15.5 Å². The molecule has 0 spiro atoms. The molecule has 1 aliphatic rings. The van der Waals surface area contributed by atoms with Gasteiger partial charge in [-0.2, -0.15) is 0 Å². The molecular weight excluding hydrogens is 304 g/mol. The lowest BCUT2D eigenvalue weighted by Crippen LogP contribution is -2.42. The lowest BCUT2D eigenvalue weighted by Gasteiger charge is -2.13. The van der Waals surface area contributed by atoms with Gasteiger partial charge in [0.2, 0.25) is 5.91 Å². The molecule has 2 aromatic rings. The molecule has 1 atom stereocenters. The first kappa shape index (κ1) is 16.0. The van der Waals surface area contributed by atoms with E-state index in [0.29, 0.717) is 19.5 Å². The van der Waals surface area contributed by atoms with Crippen LogP contribution in [0.2, 0.25) is 0 Å². The van der Waals surface area contributed by atoms with Crippen LogP contribution in [0.5, 0.6) is 0 Å². The lowest BCUT2D eigenvalue weighted by molar-refractivity contribution is -0.126. The van der Waals surface area contributed by atoms with Crippen molar-refractivity contribution in [1.29, 1.82) is 0 Å². The molecule has 1 saturated heterocycles. The number of hydrogen-bond acceptors (Lipinski definition) is 3. The second-order valence-electron chi connectivity index (χ2n) is 5.94. The molecule has 3 rings (SSSR count). The Morgan fingerprint density at radius 2 is 2.12 bits per heavy atom. The van der Waals surface area contributed by atoms with E-state index in [1.54, 1.807) is 18.1 Å². The molecule has 6 nitrogen and oxygen atoms in total. The van der Waals surface area contributed by atoms with Crippen LogP contribution in [0.4, 0.5) is 4.79 Å². The number of amides is 3. The molecule has 0 unspecified atom stereocenters. The Labute approximate surface area is 140 Å². The van der Waals surface area contributed by atoms with Crippen molar-refractivity contribution in [3.63, 3.8) is 0 Å². The summed E-state index contributed by atoms with van der Waals surface area (Å²) in [5.41, 5.74) is 3.10. The summed E-state index contributed by atoms with van der Waals surface area (Å²) in [6.45, 7) is 0.985. The van der Waals surface area contributed by atoms with Crippen LogP contribution in [-0.4, -0.2) is 41.5 Å². The van der Waals surface area contributed by atoms with Crippen molar-refractivity contribution in [3.8, 4) is 11.1 Å². The van der Waals surface area contributed by atoms with E-state index >= 15 is 0 Å². The van der Waals surface area contributed by atoms with Gasteiger partial charge in [-0.05, 0) is 28.8 Å². The Morgan fingerprint density at radius 3 is 2.83 bits per heavy atom. The van der Waals surface area contributed by atoms with Crippen LogP contribution in [0.3, 0.4) is 0 Å². The monoisotopic (exact) mass is 324 g/mol. The van der Waals surface area contributed by atoms with Crippen molar-refractivity contribution in [3.05, 3.63) is 54.4 Å². The van der Waals surface area contributed by atoms with E-state index < -0.39 is 0 Å². The Bertz CT molecular complexity index is 733. The highest BCUT2D eigenvalue weighted by atomic mass is 16.2. The summed E-state index contributed by atoms with van der Waals surface area (Å²) in [6, 6.07) is 11.5. The number of carbonyl (C=O) groups is 2. The minimum Gasteiger partial charge on any atom is -0.344 e. The van der Waals surface area contributed by atoms with Gasteiger partial charge in [0.1, 0.15) is 0 Å². The van der Waals surface area contributed by atoms with Crippen molar-refractivity contribution >= 4 is 11.9 Å². The van der Waals surface area contributed by atoms with E-state index in [1.807, 2.05) is 42.6 Å². The lowest BCUT2D eigenvalue weighted by atomic mass is 10.0. The first-order valence-electron chi connectivity index (χ1n) is 7.89. The van der Waals surface area contributed by atoms with E-state index in [4.69, 9.17) is 0 Å². The molecule has 0 aliphatic carbocycles. The van der Waals surface area contributed by atoms with Crippen LogP contribution in [-0.2, 0) is 11.3 Å². The number of urea groups is 1. The smallest absolute Gasteiger partial charge is 0.315 e. The largest absolute Gasteiger partial charge is 0.344 e. The quantitative estimate of drug-likeness (QED) is 0.900. The molecule has 0 radical (unpaired) electrons. The van der Waals surface area contributed by atoms with Gasteiger partial charge in [0.05, 0.1) is 6.04 Å². The van der Waals surface area contributed by atoms with Crippen molar-refractivity contribution in [2.24, 2.45) is 0 Å². The van der Waals surface area contributed by atoms with E-state index in [0.717, 1.165) is 16.7 Å². The minimum absolute atomic E-state index is 0.0597. The zero-order chi connectivity index (χ0) is 16.9. The predicted octanol–water partition coefficient (Wildman–Crippen LogP) is 1.78. The normalized spacial score (nSPS) is 17.0. The fourth-order valence-corrected chi connectivity index (χ4v) is 2.77. The number of likely N-dealkylation sites (tertiary alicyclic amines) is 1. The molecule has 1 aromatic heterocycles. The van der Waals surface area contributed by atoms with Gasteiger partial charge in [-0.1, -0.05) is 24.3 Å². The van der Waals surface area contributed by atoms with Gasteiger partial charge in [0.15, 0.2) is 0 Å². The van der Waals surface area contributed by atoms with Gasteiger partial charge in [-0.15, -0.1) is 0 Å². The number of benzene rings is 1. The number of nitrogens with zero attached hydrogens (tertiary/aromatic N) is 2. The summed E-state index contributed by atoms with van der Waals surface area (Å²) < 4.78 is 0. The van der Waals surface area contributed by atoms with Crippen LogP contribution in [0.1, 0.15) is 12.0 Å². The van der Waals surface area contributed by atoms with Gasteiger partial charge >= 0.3 is 6.03 Å². The standard InChI is InChI=1S/C18H20N4O2/c1-22-12-16(9-17(22)23)21-18(24)20-10-13-4-2-5-14(8-13)15-6-3-7-19-11-15/h2-8,11,16H,9-10,12H2,1H3,(H2,20,21,24)/t16-/m0/s1. The summed E-state index contributed by atoms with van der Waals surface area (Å²) >= 11 is 0. The number of hydrogen-bond donors (Lipinski definition) is 2. The molecule has 24 heavy (non-hydrogen) atoms. The third-order valence-corrected chi connectivity index (χ3v) is 4.05. The van der Waals surface area contributed by atoms with Gasteiger partial charge in [0.25, 0.3) is 0 Å². The summed E-state index contributed by atoms with van der Waals surface area (Å²) in [4.78, 5) is 29.2. The third-order valence-electron chi connectivity index (χ3n) is 4.05. The van der Waals surface area contributed by atoms with Crippen LogP contribution < -0.4 is 10.6 Å². The van der Waals surface area contributed by atoms with Gasteiger partial charge in [0, 0.05) is 39.0 Å². The third kappa shape index (κ3) is 3.90. The average Bonchev–Trinajstić information content (AvgIpc) is 2.91. The second kappa shape index (κ2) is 7.12. The van der Waals surface area contributed by atoms with Crippen molar-refractivity contribution < 1.29 is 9.59 Å². The van der Waals surface area contributed by atoms with E-state index in [1.165, 1.54) is 0 Å². The van der Waals surface area contributed by atoms with Crippen LogP contribution in [0.15, 0.2) is 48.8 Å². The highest BCUT2D eigenvalue weighted by molar-refractivity contribution is 5.81. The number of aromatic nitrogens is 1. The summed E-state index contributed by atoms with van der Waals surface area (Å²) in [6.07, 6.45) is 3.91. The average molecular weight is 324 g/mol. The number of pyridine rings is 1.